The highest BCUT2D eigenvalue weighted by Crippen LogP contribution is 2.30. The molecule has 0 spiro atoms. The molecule has 1 unspecified atom stereocenters. The van der Waals surface area contributed by atoms with Crippen LogP contribution in [0.2, 0.25) is 0 Å². The lowest BCUT2D eigenvalue weighted by atomic mass is 10.1. The van der Waals surface area contributed by atoms with Gasteiger partial charge in [-0.05, 0) is 36.2 Å². The van der Waals surface area contributed by atoms with Gasteiger partial charge in [-0.15, -0.1) is 0 Å². The molecule has 4 rings (SSSR count). The third-order valence-corrected chi connectivity index (χ3v) is 6.05. The Morgan fingerprint density at radius 3 is 2.36 bits per heavy atom. The van der Waals surface area contributed by atoms with Crippen LogP contribution < -0.4 is 10.5 Å². The van der Waals surface area contributed by atoms with Gasteiger partial charge < -0.3 is 10.2 Å². The van der Waals surface area contributed by atoms with Crippen LogP contribution in [0.25, 0.3) is 21.9 Å². The zero-order valence-electron chi connectivity index (χ0n) is 14.8. The summed E-state index contributed by atoms with van der Waals surface area (Å²) in [6, 6.07) is 20.1. The highest BCUT2D eigenvalue weighted by molar-refractivity contribution is 7.89. The minimum atomic E-state index is -3.96. The normalized spacial score (nSPS) is 13.0. The fourth-order valence-electron chi connectivity index (χ4n) is 3.18. The molecule has 0 aliphatic heterocycles. The van der Waals surface area contributed by atoms with E-state index in [-0.39, 0.29) is 11.3 Å². The van der Waals surface area contributed by atoms with E-state index in [1.54, 1.807) is 12.1 Å². The monoisotopic (exact) mass is 394 g/mol. The number of para-hydroxylation sites is 1. The van der Waals surface area contributed by atoms with Crippen molar-refractivity contribution in [2.24, 2.45) is 5.73 Å². The smallest absolute Gasteiger partial charge is 0.241 e. The Hall–Kier alpha value is -3.16. The van der Waals surface area contributed by atoms with E-state index in [0.29, 0.717) is 16.6 Å². The van der Waals surface area contributed by atoms with Crippen molar-refractivity contribution in [3.63, 3.8) is 0 Å². The average molecular weight is 394 g/mol. The summed E-state index contributed by atoms with van der Waals surface area (Å²) in [7, 11) is -3.96. The van der Waals surface area contributed by atoms with Crippen LogP contribution in [0.3, 0.4) is 0 Å². The number of nitrogens with one attached hydrogen (secondary N) is 1. The fraction of sp³-hybridized carbons (Fsp3) is 0.0952. The Kier molecular flexibility index (Phi) is 4.62. The molecule has 0 saturated carbocycles. The predicted molar refractivity (Wildman–Crippen MR) is 107 cm³/mol. The van der Waals surface area contributed by atoms with Crippen LogP contribution in [-0.2, 0) is 21.2 Å². The second-order valence-electron chi connectivity index (χ2n) is 6.52. The number of hydrogen-bond donors (Lipinski definition) is 2. The predicted octanol–water partition coefficient (Wildman–Crippen LogP) is 2.96. The van der Waals surface area contributed by atoms with Gasteiger partial charge in [0.1, 0.15) is 17.2 Å². The molecule has 0 aliphatic rings. The molecule has 0 radical (unpaired) electrons. The zero-order chi connectivity index (χ0) is 19.7. The highest BCUT2D eigenvalue weighted by atomic mass is 32.2. The van der Waals surface area contributed by atoms with Crippen LogP contribution in [0, 0.1) is 0 Å². The molecule has 1 heterocycles. The standard InChI is InChI=1S/C21H18N2O4S/c22-21(24)18(12-14-6-2-1-3-7-14)23-28(25,26)15-10-11-20-17(13-15)16-8-4-5-9-19(16)27-20/h1-11,13,18,23H,12H2,(H2,22,24). The Morgan fingerprint density at radius 2 is 1.61 bits per heavy atom. The van der Waals surface area contributed by atoms with Crippen molar-refractivity contribution in [3.05, 3.63) is 78.4 Å². The molecule has 28 heavy (non-hydrogen) atoms. The molecule has 3 aromatic carbocycles. The average Bonchev–Trinajstić information content (AvgIpc) is 3.06. The number of amides is 1. The van der Waals surface area contributed by atoms with Crippen molar-refractivity contribution >= 4 is 37.9 Å². The summed E-state index contributed by atoms with van der Waals surface area (Å²) in [6.07, 6.45) is 0.173. The van der Waals surface area contributed by atoms with Gasteiger partial charge in [-0.25, -0.2) is 8.42 Å². The Bertz CT molecular complexity index is 1260. The van der Waals surface area contributed by atoms with Gasteiger partial charge in [0.15, 0.2) is 0 Å². The number of rotatable bonds is 6. The van der Waals surface area contributed by atoms with Crippen LogP contribution in [0.15, 0.2) is 82.1 Å². The van der Waals surface area contributed by atoms with Gasteiger partial charge in [0.05, 0.1) is 4.90 Å². The van der Waals surface area contributed by atoms with Crippen molar-refractivity contribution in [1.82, 2.24) is 4.72 Å². The van der Waals surface area contributed by atoms with Gasteiger partial charge in [-0.2, -0.15) is 4.72 Å². The van der Waals surface area contributed by atoms with E-state index in [9.17, 15) is 13.2 Å². The third kappa shape index (κ3) is 3.49. The first kappa shape index (κ1) is 18.2. The second kappa shape index (κ2) is 7.10. The van der Waals surface area contributed by atoms with Crippen molar-refractivity contribution in [2.45, 2.75) is 17.4 Å². The molecule has 0 bridgehead atoms. The lowest BCUT2D eigenvalue weighted by Crippen LogP contribution is -2.45. The van der Waals surface area contributed by atoms with Gasteiger partial charge in [0.25, 0.3) is 0 Å². The van der Waals surface area contributed by atoms with Gasteiger partial charge >= 0.3 is 0 Å². The number of benzene rings is 3. The third-order valence-electron chi connectivity index (χ3n) is 4.58. The number of hydrogen-bond acceptors (Lipinski definition) is 4. The number of nitrogens with two attached hydrogens (primary N) is 1. The van der Waals surface area contributed by atoms with E-state index in [0.717, 1.165) is 10.9 Å². The topological polar surface area (TPSA) is 102 Å². The number of fused-ring (bicyclic) bond motifs is 3. The zero-order valence-corrected chi connectivity index (χ0v) is 15.6. The Morgan fingerprint density at radius 1 is 0.929 bits per heavy atom. The minimum Gasteiger partial charge on any atom is -0.456 e. The molecule has 1 amide bonds. The maximum absolute atomic E-state index is 12.9. The van der Waals surface area contributed by atoms with Crippen LogP contribution >= 0.6 is 0 Å². The lowest BCUT2D eigenvalue weighted by Gasteiger charge is -2.16. The van der Waals surface area contributed by atoms with E-state index in [1.165, 1.54) is 6.07 Å². The van der Waals surface area contributed by atoms with Crippen LogP contribution in [-0.4, -0.2) is 20.4 Å². The lowest BCUT2D eigenvalue weighted by molar-refractivity contribution is -0.119. The first-order valence-electron chi connectivity index (χ1n) is 8.71. The largest absolute Gasteiger partial charge is 0.456 e. The summed E-state index contributed by atoms with van der Waals surface area (Å²) in [6.45, 7) is 0. The Labute approximate surface area is 162 Å². The number of carbonyl (C=O) groups is 1. The fourth-order valence-corrected chi connectivity index (χ4v) is 4.41. The van der Waals surface area contributed by atoms with Crippen LogP contribution in [0.5, 0.6) is 0 Å². The van der Waals surface area contributed by atoms with Gasteiger partial charge in [0.2, 0.25) is 15.9 Å². The molecule has 0 saturated heterocycles. The molecule has 1 aromatic heterocycles. The molecule has 7 heteroatoms. The van der Waals surface area contributed by atoms with E-state index >= 15 is 0 Å². The molecule has 0 fully saturated rings. The Balaban J connectivity index is 1.68. The van der Waals surface area contributed by atoms with Gasteiger partial charge in [-0.1, -0.05) is 48.5 Å². The molecule has 0 aliphatic carbocycles. The summed E-state index contributed by atoms with van der Waals surface area (Å²) in [5.74, 6) is -0.734. The maximum atomic E-state index is 12.9. The van der Waals surface area contributed by atoms with E-state index in [1.807, 2.05) is 54.6 Å². The van der Waals surface area contributed by atoms with E-state index in [4.69, 9.17) is 10.2 Å². The van der Waals surface area contributed by atoms with Gasteiger partial charge in [0, 0.05) is 10.8 Å². The molecule has 142 valence electrons. The molecule has 6 nitrogen and oxygen atoms in total. The van der Waals surface area contributed by atoms with E-state index in [2.05, 4.69) is 4.72 Å². The highest BCUT2D eigenvalue weighted by Gasteiger charge is 2.25. The summed E-state index contributed by atoms with van der Waals surface area (Å²) < 4.78 is 33.9. The first-order chi connectivity index (χ1) is 13.4. The number of furan rings is 1. The quantitative estimate of drug-likeness (QED) is 0.525. The summed E-state index contributed by atoms with van der Waals surface area (Å²) >= 11 is 0. The first-order valence-corrected chi connectivity index (χ1v) is 10.2. The number of sulfonamides is 1. The second-order valence-corrected chi connectivity index (χ2v) is 8.24. The van der Waals surface area contributed by atoms with Crippen molar-refractivity contribution in [3.8, 4) is 0 Å². The summed E-state index contributed by atoms with van der Waals surface area (Å²) in [5.41, 5.74) is 7.52. The van der Waals surface area contributed by atoms with E-state index < -0.39 is 22.0 Å². The van der Waals surface area contributed by atoms with Crippen LogP contribution in [0.4, 0.5) is 0 Å². The van der Waals surface area contributed by atoms with Crippen molar-refractivity contribution in [1.29, 1.82) is 0 Å². The summed E-state index contributed by atoms with van der Waals surface area (Å²) in [4.78, 5) is 11.9. The number of carbonyl (C=O) groups excluding carboxylic acids is 1. The molecule has 3 N–H and O–H groups in total. The molecular weight excluding hydrogens is 376 g/mol. The van der Waals surface area contributed by atoms with Gasteiger partial charge in [-0.3, -0.25) is 4.79 Å². The number of primary amides is 1. The van der Waals surface area contributed by atoms with Crippen LogP contribution in [0.1, 0.15) is 5.56 Å². The van der Waals surface area contributed by atoms with Crippen molar-refractivity contribution < 1.29 is 17.6 Å². The maximum Gasteiger partial charge on any atom is 0.241 e. The molecule has 4 aromatic rings. The molecular formula is C21H18N2O4S. The minimum absolute atomic E-state index is 0.0471. The van der Waals surface area contributed by atoms with Crippen molar-refractivity contribution in [2.75, 3.05) is 0 Å². The SMILES string of the molecule is NC(=O)C(Cc1ccccc1)NS(=O)(=O)c1ccc2oc3ccccc3c2c1. The summed E-state index contributed by atoms with van der Waals surface area (Å²) in [5, 5.41) is 1.52. The molecule has 1 atom stereocenters.